The molecule has 3 rings (SSSR count). The Bertz CT molecular complexity index is 864. The van der Waals surface area contributed by atoms with Crippen LogP contribution in [0.15, 0.2) is 48.5 Å². The topological polar surface area (TPSA) is 67.9 Å². The maximum absolute atomic E-state index is 13.1. The summed E-state index contributed by atoms with van der Waals surface area (Å²) < 4.78 is 10.9. The summed E-state index contributed by atoms with van der Waals surface area (Å²) in [5.41, 5.74) is 1.52. The number of carbonyl (C=O) groups excluding carboxylic acids is 2. The number of methoxy groups -OCH3 is 1. The monoisotopic (exact) mass is 444 g/mol. The van der Waals surface area contributed by atoms with Gasteiger partial charge in [0.25, 0.3) is 5.91 Å². The fourth-order valence-corrected chi connectivity index (χ4v) is 3.72. The first-order valence-electron chi connectivity index (χ1n) is 10.6. The molecule has 1 saturated heterocycles. The largest absolute Gasteiger partial charge is 0.488 e. The van der Waals surface area contributed by atoms with Gasteiger partial charge in [0.2, 0.25) is 5.91 Å². The molecule has 1 aliphatic rings. The van der Waals surface area contributed by atoms with Gasteiger partial charge in [-0.2, -0.15) is 0 Å². The van der Waals surface area contributed by atoms with Gasteiger partial charge in [-0.05, 0) is 49.1 Å². The Balaban J connectivity index is 1.54. The van der Waals surface area contributed by atoms with E-state index in [4.69, 9.17) is 21.1 Å². The zero-order chi connectivity index (χ0) is 22.1. The van der Waals surface area contributed by atoms with Gasteiger partial charge in [0.15, 0.2) is 0 Å². The molecule has 31 heavy (non-hydrogen) atoms. The van der Waals surface area contributed by atoms with Gasteiger partial charge < -0.3 is 19.7 Å². The Morgan fingerprint density at radius 1 is 1.10 bits per heavy atom. The molecular formula is C24H29ClN2O4. The third-order valence-corrected chi connectivity index (χ3v) is 5.65. The van der Waals surface area contributed by atoms with Crippen LogP contribution in [0, 0.1) is 5.92 Å². The lowest BCUT2D eigenvalue weighted by Gasteiger charge is -2.31. The highest BCUT2D eigenvalue weighted by atomic mass is 35.5. The summed E-state index contributed by atoms with van der Waals surface area (Å²) >= 11 is 5.93. The molecule has 1 aliphatic heterocycles. The zero-order valence-electron chi connectivity index (χ0n) is 17.8. The van der Waals surface area contributed by atoms with Gasteiger partial charge in [0.05, 0.1) is 5.56 Å². The van der Waals surface area contributed by atoms with E-state index in [2.05, 4.69) is 5.32 Å². The maximum atomic E-state index is 13.1. The number of nitrogens with zero attached hydrogens (tertiary/aromatic N) is 1. The molecule has 1 heterocycles. The molecule has 0 atom stereocenters. The summed E-state index contributed by atoms with van der Waals surface area (Å²) in [5.74, 6) is 0.504. The van der Waals surface area contributed by atoms with Crippen molar-refractivity contribution in [2.75, 3.05) is 33.4 Å². The van der Waals surface area contributed by atoms with Crippen LogP contribution in [0.25, 0.3) is 0 Å². The molecule has 0 aromatic heterocycles. The number of nitrogens with one attached hydrogen (secondary N) is 1. The van der Waals surface area contributed by atoms with Crippen LogP contribution in [0.4, 0.5) is 0 Å². The minimum atomic E-state index is -0.0642. The van der Waals surface area contributed by atoms with Crippen LogP contribution in [0.5, 0.6) is 5.75 Å². The summed E-state index contributed by atoms with van der Waals surface area (Å²) in [6.07, 6.45) is 2.12. The molecule has 166 valence electrons. The molecule has 2 amide bonds. The molecule has 1 fully saturated rings. The van der Waals surface area contributed by atoms with Crippen molar-refractivity contribution in [3.8, 4) is 5.75 Å². The number of rotatable bonds is 9. The summed E-state index contributed by atoms with van der Waals surface area (Å²) in [7, 11) is 1.65. The molecule has 0 radical (unpaired) electrons. The molecule has 7 heteroatoms. The lowest BCUT2D eigenvalue weighted by Crippen LogP contribution is -2.43. The van der Waals surface area contributed by atoms with Crippen LogP contribution in [0.1, 0.15) is 35.2 Å². The summed E-state index contributed by atoms with van der Waals surface area (Å²) in [6.45, 7) is 2.71. The van der Waals surface area contributed by atoms with Gasteiger partial charge in [-0.3, -0.25) is 9.59 Å². The first-order valence-corrected chi connectivity index (χ1v) is 11.0. The standard InChI is InChI=1S/C24H29ClN2O4/c1-30-16-4-13-26-23(28)19-11-14-27(15-12-19)24(29)21-5-2-3-6-22(21)31-17-18-7-9-20(25)10-8-18/h2-3,5-10,19H,4,11-17H2,1H3,(H,26,28). The van der Waals surface area contributed by atoms with Gasteiger partial charge in [-0.15, -0.1) is 0 Å². The Labute approximate surface area is 188 Å². The van der Waals surface area contributed by atoms with E-state index in [-0.39, 0.29) is 17.7 Å². The van der Waals surface area contributed by atoms with Gasteiger partial charge in [0, 0.05) is 44.3 Å². The van der Waals surface area contributed by atoms with Crippen molar-refractivity contribution >= 4 is 23.4 Å². The van der Waals surface area contributed by atoms with Crippen LogP contribution in [0.2, 0.25) is 5.02 Å². The first kappa shape index (κ1) is 23.1. The van der Waals surface area contributed by atoms with Crippen molar-refractivity contribution in [1.82, 2.24) is 10.2 Å². The number of carbonyl (C=O) groups is 2. The van der Waals surface area contributed by atoms with Crippen molar-refractivity contribution in [3.05, 3.63) is 64.7 Å². The number of amides is 2. The number of hydrogen-bond donors (Lipinski definition) is 1. The fraction of sp³-hybridized carbons (Fsp3) is 0.417. The average Bonchev–Trinajstić information content (AvgIpc) is 2.81. The average molecular weight is 445 g/mol. The molecule has 2 aromatic rings. The summed E-state index contributed by atoms with van der Waals surface area (Å²) in [6, 6.07) is 14.7. The highest BCUT2D eigenvalue weighted by Crippen LogP contribution is 2.25. The Morgan fingerprint density at radius 2 is 1.81 bits per heavy atom. The fourth-order valence-electron chi connectivity index (χ4n) is 3.60. The summed E-state index contributed by atoms with van der Waals surface area (Å²) in [5, 5.41) is 3.63. The maximum Gasteiger partial charge on any atom is 0.257 e. The van der Waals surface area contributed by atoms with Crippen molar-refractivity contribution < 1.29 is 19.1 Å². The van der Waals surface area contributed by atoms with E-state index in [1.807, 2.05) is 42.5 Å². The molecule has 6 nitrogen and oxygen atoms in total. The van der Waals surface area contributed by atoms with E-state index in [0.717, 1.165) is 12.0 Å². The third-order valence-electron chi connectivity index (χ3n) is 5.40. The number of para-hydroxylation sites is 1. The van der Waals surface area contributed by atoms with Crippen molar-refractivity contribution in [3.63, 3.8) is 0 Å². The predicted octanol–water partition coefficient (Wildman–Crippen LogP) is 3.92. The van der Waals surface area contributed by atoms with Crippen molar-refractivity contribution in [2.45, 2.75) is 25.9 Å². The number of ether oxygens (including phenoxy) is 2. The van der Waals surface area contributed by atoms with Crippen LogP contribution in [-0.4, -0.2) is 50.1 Å². The van der Waals surface area contributed by atoms with E-state index >= 15 is 0 Å². The second-order valence-corrected chi connectivity index (χ2v) is 8.05. The second kappa shape index (κ2) is 11.7. The molecule has 0 unspecified atom stereocenters. The van der Waals surface area contributed by atoms with E-state index in [1.54, 1.807) is 18.1 Å². The number of halogens is 1. The molecule has 0 aliphatic carbocycles. The van der Waals surface area contributed by atoms with E-state index in [1.165, 1.54) is 0 Å². The quantitative estimate of drug-likeness (QED) is 0.595. The normalized spacial score (nSPS) is 14.3. The van der Waals surface area contributed by atoms with Gasteiger partial charge in [0.1, 0.15) is 12.4 Å². The Hall–Kier alpha value is -2.57. The Morgan fingerprint density at radius 3 is 2.52 bits per heavy atom. The molecule has 0 spiro atoms. The predicted molar refractivity (Wildman–Crippen MR) is 120 cm³/mol. The Kier molecular flexibility index (Phi) is 8.74. The zero-order valence-corrected chi connectivity index (χ0v) is 18.6. The van der Waals surface area contributed by atoms with Crippen LogP contribution in [-0.2, 0) is 16.1 Å². The van der Waals surface area contributed by atoms with Crippen molar-refractivity contribution in [2.24, 2.45) is 5.92 Å². The van der Waals surface area contributed by atoms with E-state index in [0.29, 0.717) is 62.0 Å². The minimum absolute atomic E-state index is 0.0528. The van der Waals surface area contributed by atoms with E-state index in [9.17, 15) is 9.59 Å². The number of piperidine rings is 1. The van der Waals surface area contributed by atoms with Crippen LogP contribution in [0.3, 0.4) is 0 Å². The van der Waals surface area contributed by atoms with Gasteiger partial charge in [-0.1, -0.05) is 35.9 Å². The molecule has 0 bridgehead atoms. The minimum Gasteiger partial charge on any atom is -0.488 e. The number of benzene rings is 2. The highest BCUT2D eigenvalue weighted by Gasteiger charge is 2.28. The van der Waals surface area contributed by atoms with Crippen molar-refractivity contribution in [1.29, 1.82) is 0 Å². The lowest BCUT2D eigenvalue weighted by molar-refractivity contribution is -0.126. The number of hydrogen-bond acceptors (Lipinski definition) is 4. The lowest BCUT2D eigenvalue weighted by atomic mass is 9.95. The first-order chi connectivity index (χ1) is 15.1. The van der Waals surface area contributed by atoms with Crippen LogP contribution < -0.4 is 10.1 Å². The van der Waals surface area contributed by atoms with Gasteiger partial charge in [-0.25, -0.2) is 0 Å². The molecule has 2 aromatic carbocycles. The third kappa shape index (κ3) is 6.71. The highest BCUT2D eigenvalue weighted by molar-refractivity contribution is 6.30. The smallest absolute Gasteiger partial charge is 0.257 e. The number of likely N-dealkylation sites (tertiary alicyclic amines) is 1. The SMILES string of the molecule is COCCCNC(=O)C1CCN(C(=O)c2ccccc2OCc2ccc(Cl)cc2)CC1. The van der Waals surface area contributed by atoms with Gasteiger partial charge >= 0.3 is 0 Å². The molecular weight excluding hydrogens is 416 g/mol. The van der Waals surface area contributed by atoms with E-state index < -0.39 is 0 Å². The molecule has 0 saturated carbocycles. The van der Waals surface area contributed by atoms with Crippen LogP contribution >= 0.6 is 11.6 Å². The summed E-state index contributed by atoms with van der Waals surface area (Å²) in [4.78, 5) is 27.2. The molecule has 1 N–H and O–H groups in total. The second-order valence-electron chi connectivity index (χ2n) is 7.62.